The summed E-state index contributed by atoms with van der Waals surface area (Å²) in [5.41, 5.74) is 1.50. The first-order valence-corrected chi connectivity index (χ1v) is 4.27. The van der Waals surface area contributed by atoms with Gasteiger partial charge in [0, 0.05) is 11.0 Å². The molecule has 1 aliphatic carbocycles. The summed E-state index contributed by atoms with van der Waals surface area (Å²) in [5, 5.41) is 9.30. The zero-order chi connectivity index (χ0) is 8.18. The molecular formula is C10H10O2. The summed E-state index contributed by atoms with van der Waals surface area (Å²) in [5.74, 6) is 1.32. The van der Waals surface area contributed by atoms with Crippen LogP contribution >= 0.6 is 0 Å². The molecule has 1 fully saturated rings. The van der Waals surface area contributed by atoms with Gasteiger partial charge in [-0.1, -0.05) is 0 Å². The maximum atomic E-state index is 9.30. The molecule has 1 saturated carbocycles. The van der Waals surface area contributed by atoms with Crippen molar-refractivity contribution >= 4 is 0 Å². The first kappa shape index (κ1) is 6.35. The lowest BCUT2D eigenvalue weighted by atomic mass is 9.98. The minimum absolute atomic E-state index is 0.286. The van der Waals surface area contributed by atoms with Gasteiger partial charge in [0.2, 0.25) is 0 Å². The first-order chi connectivity index (χ1) is 5.80. The fourth-order valence-corrected chi connectivity index (χ4v) is 1.92. The third kappa shape index (κ3) is 0.649. The van der Waals surface area contributed by atoms with Crippen molar-refractivity contribution < 1.29 is 9.84 Å². The van der Waals surface area contributed by atoms with Gasteiger partial charge in [0.1, 0.15) is 11.5 Å². The molecule has 1 aromatic carbocycles. The summed E-state index contributed by atoms with van der Waals surface area (Å²) < 4.78 is 5.52. The Morgan fingerprint density at radius 1 is 1.33 bits per heavy atom. The number of rotatable bonds is 0. The number of hydrogen-bond acceptors (Lipinski definition) is 2. The summed E-state index contributed by atoms with van der Waals surface area (Å²) in [4.78, 5) is 0. The average Bonchev–Trinajstić information content (AvgIpc) is 2.74. The maximum absolute atomic E-state index is 9.30. The van der Waals surface area contributed by atoms with E-state index in [0.29, 0.717) is 5.75 Å². The van der Waals surface area contributed by atoms with E-state index >= 15 is 0 Å². The van der Waals surface area contributed by atoms with E-state index in [1.807, 2.05) is 12.1 Å². The Labute approximate surface area is 70.8 Å². The van der Waals surface area contributed by atoms with E-state index in [1.54, 1.807) is 6.07 Å². The predicted molar refractivity (Wildman–Crippen MR) is 44.5 cm³/mol. The third-order valence-corrected chi connectivity index (χ3v) is 2.89. The first-order valence-electron chi connectivity index (χ1n) is 4.27. The Morgan fingerprint density at radius 3 is 2.92 bits per heavy atom. The number of ether oxygens (including phenoxy) is 1. The topological polar surface area (TPSA) is 29.5 Å². The second-order valence-corrected chi connectivity index (χ2v) is 3.75. The Bertz CT molecular complexity index is 340. The molecule has 0 radical (unpaired) electrons. The lowest BCUT2D eigenvalue weighted by Gasteiger charge is -2.02. The maximum Gasteiger partial charge on any atom is 0.123 e. The highest BCUT2D eigenvalue weighted by molar-refractivity contribution is 5.50. The van der Waals surface area contributed by atoms with E-state index in [4.69, 9.17) is 4.74 Å². The Kier molecular flexibility index (Phi) is 0.932. The summed E-state index contributed by atoms with van der Waals surface area (Å²) in [7, 11) is 0. The van der Waals surface area contributed by atoms with E-state index in [0.717, 1.165) is 12.4 Å². The van der Waals surface area contributed by atoms with Gasteiger partial charge in [-0.05, 0) is 31.0 Å². The van der Waals surface area contributed by atoms with Crippen molar-refractivity contribution in [1.82, 2.24) is 0 Å². The van der Waals surface area contributed by atoms with Crippen molar-refractivity contribution in [3.63, 3.8) is 0 Å². The lowest BCUT2D eigenvalue weighted by Crippen LogP contribution is -2.06. The van der Waals surface area contributed by atoms with Crippen LogP contribution in [-0.2, 0) is 5.41 Å². The smallest absolute Gasteiger partial charge is 0.123 e. The van der Waals surface area contributed by atoms with Gasteiger partial charge < -0.3 is 9.84 Å². The van der Waals surface area contributed by atoms with Crippen LogP contribution in [0.3, 0.4) is 0 Å². The van der Waals surface area contributed by atoms with Crippen LogP contribution < -0.4 is 4.74 Å². The van der Waals surface area contributed by atoms with Crippen LogP contribution in [-0.4, -0.2) is 11.7 Å². The van der Waals surface area contributed by atoms with Crippen LogP contribution in [0.2, 0.25) is 0 Å². The highest BCUT2D eigenvalue weighted by atomic mass is 16.5. The minimum Gasteiger partial charge on any atom is -0.508 e. The predicted octanol–water partition coefficient (Wildman–Crippen LogP) is 1.82. The molecule has 3 rings (SSSR count). The fourth-order valence-electron chi connectivity index (χ4n) is 1.92. The van der Waals surface area contributed by atoms with Crippen molar-refractivity contribution in [2.24, 2.45) is 0 Å². The number of hydrogen-bond donors (Lipinski definition) is 1. The highest BCUT2D eigenvalue weighted by Crippen LogP contribution is 2.55. The van der Waals surface area contributed by atoms with Gasteiger partial charge in [-0.2, -0.15) is 0 Å². The number of phenolic OH excluding ortho intramolecular Hbond substituents is 1. The fraction of sp³-hybridized carbons (Fsp3) is 0.400. The number of fused-ring (bicyclic) bond motifs is 2. The van der Waals surface area contributed by atoms with Gasteiger partial charge in [-0.25, -0.2) is 0 Å². The Balaban J connectivity index is 2.20. The van der Waals surface area contributed by atoms with Crippen LogP contribution in [0, 0.1) is 0 Å². The number of benzene rings is 1. The van der Waals surface area contributed by atoms with Crippen LogP contribution in [0.5, 0.6) is 11.5 Å². The normalized spacial score (nSPS) is 22.0. The van der Waals surface area contributed by atoms with Gasteiger partial charge in [-0.15, -0.1) is 0 Å². The van der Waals surface area contributed by atoms with Crippen molar-refractivity contribution in [1.29, 1.82) is 0 Å². The molecule has 1 aliphatic heterocycles. The van der Waals surface area contributed by atoms with E-state index in [-0.39, 0.29) is 5.41 Å². The zero-order valence-corrected chi connectivity index (χ0v) is 6.71. The van der Waals surface area contributed by atoms with Gasteiger partial charge in [0.15, 0.2) is 0 Å². The summed E-state index contributed by atoms with van der Waals surface area (Å²) >= 11 is 0. The number of phenols is 1. The zero-order valence-electron chi connectivity index (χ0n) is 6.71. The van der Waals surface area contributed by atoms with E-state index < -0.39 is 0 Å². The van der Waals surface area contributed by atoms with Crippen molar-refractivity contribution in [2.45, 2.75) is 18.3 Å². The van der Waals surface area contributed by atoms with Crippen molar-refractivity contribution in [2.75, 3.05) is 6.61 Å². The average molecular weight is 162 g/mol. The minimum atomic E-state index is 0.286. The van der Waals surface area contributed by atoms with Crippen LogP contribution in [0.1, 0.15) is 18.4 Å². The van der Waals surface area contributed by atoms with Crippen molar-refractivity contribution in [3.8, 4) is 11.5 Å². The molecule has 0 amide bonds. The molecule has 1 N–H and O–H groups in total. The molecule has 1 heterocycles. The second kappa shape index (κ2) is 1.76. The van der Waals surface area contributed by atoms with Crippen molar-refractivity contribution in [3.05, 3.63) is 23.8 Å². The van der Waals surface area contributed by atoms with Gasteiger partial charge in [0.25, 0.3) is 0 Å². The van der Waals surface area contributed by atoms with E-state index in [1.165, 1.54) is 18.4 Å². The molecule has 1 spiro atoms. The van der Waals surface area contributed by atoms with E-state index in [9.17, 15) is 5.11 Å². The molecule has 0 bridgehead atoms. The molecule has 0 atom stereocenters. The second-order valence-electron chi connectivity index (χ2n) is 3.75. The molecule has 2 nitrogen and oxygen atoms in total. The Hall–Kier alpha value is -1.18. The van der Waals surface area contributed by atoms with Crippen LogP contribution in [0.15, 0.2) is 18.2 Å². The largest absolute Gasteiger partial charge is 0.508 e. The number of aromatic hydroxyl groups is 1. The molecule has 12 heavy (non-hydrogen) atoms. The highest BCUT2D eigenvalue weighted by Gasteiger charge is 2.50. The van der Waals surface area contributed by atoms with Gasteiger partial charge >= 0.3 is 0 Å². The SMILES string of the molecule is Oc1ccc2c(c1)C1(CC1)CO2. The Morgan fingerprint density at radius 2 is 2.17 bits per heavy atom. The molecule has 2 heteroatoms. The molecule has 0 saturated heterocycles. The van der Waals surface area contributed by atoms with Gasteiger partial charge in [0.05, 0.1) is 6.61 Å². The van der Waals surface area contributed by atoms with Crippen LogP contribution in [0.4, 0.5) is 0 Å². The monoisotopic (exact) mass is 162 g/mol. The molecule has 62 valence electrons. The summed E-state index contributed by atoms with van der Waals surface area (Å²) in [6.07, 6.45) is 2.42. The summed E-state index contributed by atoms with van der Waals surface area (Å²) in [6, 6.07) is 5.38. The third-order valence-electron chi connectivity index (χ3n) is 2.89. The molecule has 0 unspecified atom stereocenters. The molecule has 1 aromatic rings. The molecule has 2 aliphatic rings. The summed E-state index contributed by atoms with van der Waals surface area (Å²) in [6.45, 7) is 0.811. The quantitative estimate of drug-likeness (QED) is 0.630. The standard InChI is InChI=1S/C10H10O2/c11-7-1-2-9-8(5-7)10(3-4-10)6-12-9/h1-2,5,11H,3-4,6H2. The van der Waals surface area contributed by atoms with E-state index in [2.05, 4.69) is 0 Å². The van der Waals surface area contributed by atoms with Gasteiger partial charge in [-0.3, -0.25) is 0 Å². The van der Waals surface area contributed by atoms with Crippen LogP contribution in [0.25, 0.3) is 0 Å². The molecule has 0 aromatic heterocycles. The molecular weight excluding hydrogens is 152 g/mol. The lowest BCUT2D eigenvalue weighted by molar-refractivity contribution is 0.323.